The summed E-state index contributed by atoms with van der Waals surface area (Å²) < 4.78 is 0. The molecule has 104 valence electrons. The minimum Gasteiger partial charge on any atom is -0.339 e. The SMILES string of the molecule is Cc1cccc(C(=O)N2CCC(C(C)Br)CC2)c1C. The summed E-state index contributed by atoms with van der Waals surface area (Å²) >= 11 is 3.66. The van der Waals surface area contributed by atoms with Crippen LogP contribution in [0.2, 0.25) is 0 Å². The second-order valence-electron chi connectivity index (χ2n) is 5.55. The molecule has 1 aliphatic rings. The summed E-state index contributed by atoms with van der Waals surface area (Å²) in [6.45, 7) is 8.06. The fourth-order valence-corrected chi connectivity index (χ4v) is 3.24. The van der Waals surface area contributed by atoms with Crippen LogP contribution < -0.4 is 0 Å². The molecule has 19 heavy (non-hydrogen) atoms. The molecule has 1 atom stereocenters. The number of aryl methyl sites for hydroxylation is 1. The molecule has 1 heterocycles. The van der Waals surface area contributed by atoms with Gasteiger partial charge in [0, 0.05) is 23.5 Å². The molecule has 0 spiro atoms. The Morgan fingerprint density at radius 2 is 1.95 bits per heavy atom. The summed E-state index contributed by atoms with van der Waals surface area (Å²) in [7, 11) is 0. The first-order chi connectivity index (χ1) is 9.00. The van der Waals surface area contributed by atoms with E-state index in [1.807, 2.05) is 24.0 Å². The van der Waals surface area contributed by atoms with Gasteiger partial charge in [-0.3, -0.25) is 4.79 Å². The summed E-state index contributed by atoms with van der Waals surface area (Å²) in [5, 5.41) is 0. The molecule has 1 fully saturated rings. The number of carbonyl (C=O) groups excluding carboxylic acids is 1. The highest BCUT2D eigenvalue weighted by molar-refractivity contribution is 9.09. The van der Waals surface area contributed by atoms with Crippen LogP contribution in [0.25, 0.3) is 0 Å². The minimum absolute atomic E-state index is 0.196. The molecule has 2 nitrogen and oxygen atoms in total. The quantitative estimate of drug-likeness (QED) is 0.755. The van der Waals surface area contributed by atoms with Crippen molar-refractivity contribution in [1.82, 2.24) is 4.90 Å². The normalized spacial score (nSPS) is 18.4. The number of hydrogen-bond acceptors (Lipinski definition) is 1. The van der Waals surface area contributed by atoms with Gasteiger partial charge in [0.25, 0.3) is 5.91 Å². The van der Waals surface area contributed by atoms with Gasteiger partial charge in [0.1, 0.15) is 0 Å². The van der Waals surface area contributed by atoms with E-state index in [1.165, 1.54) is 5.56 Å². The maximum Gasteiger partial charge on any atom is 0.254 e. The van der Waals surface area contributed by atoms with Crippen molar-refractivity contribution in [3.05, 3.63) is 34.9 Å². The van der Waals surface area contributed by atoms with E-state index in [2.05, 4.69) is 35.8 Å². The van der Waals surface area contributed by atoms with Crippen LogP contribution in [0.4, 0.5) is 0 Å². The predicted molar refractivity (Wildman–Crippen MR) is 82.9 cm³/mol. The standard InChI is InChI=1S/C16H22BrNO/c1-11-5-4-6-15(12(11)2)16(19)18-9-7-14(8-10-18)13(3)17/h4-6,13-14H,7-10H2,1-3H3. The van der Waals surface area contributed by atoms with Crippen LogP contribution in [0, 0.1) is 19.8 Å². The number of rotatable bonds is 2. The number of nitrogens with zero attached hydrogens (tertiary/aromatic N) is 1. The van der Waals surface area contributed by atoms with Crippen molar-refractivity contribution in [2.75, 3.05) is 13.1 Å². The van der Waals surface area contributed by atoms with E-state index in [0.29, 0.717) is 10.7 Å². The molecule has 2 rings (SSSR count). The number of carbonyl (C=O) groups is 1. The number of alkyl halides is 1. The van der Waals surface area contributed by atoms with E-state index < -0.39 is 0 Å². The number of piperidine rings is 1. The van der Waals surface area contributed by atoms with E-state index in [9.17, 15) is 4.79 Å². The Hall–Kier alpha value is -0.830. The monoisotopic (exact) mass is 323 g/mol. The zero-order valence-electron chi connectivity index (χ0n) is 11.9. The highest BCUT2D eigenvalue weighted by Crippen LogP contribution is 2.26. The molecule has 0 aromatic heterocycles. The van der Waals surface area contributed by atoms with Gasteiger partial charge in [-0.1, -0.05) is 35.0 Å². The molecule has 0 N–H and O–H groups in total. The summed E-state index contributed by atoms with van der Waals surface area (Å²) in [6.07, 6.45) is 2.20. The summed E-state index contributed by atoms with van der Waals surface area (Å²) in [5.74, 6) is 0.893. The van der Waals surface area contributed by atoms with Crippen molar-refractivity contribution in [1.29, 1.82) is 0 Å². The lowest BCUT2D eigenvalue weighted by atomic mass is 9.93. The van der Waals surface area contributed by atoms with Crippen molar-refractivity contribution in [3.63, 3.8) is 0 Å². The van der Waals surface area contributed by atoms with Gasteiger partial charge in [-0.05, 0) is 49.8 Å². The van der Waals surface area contributed by atoms with E-state index in [1.54, 1.807) is 0 Å². The van der Waals surface area contributed by atoms with Gasteiger partial charge in [0.15, 0.2) is 0 Å². The summed E-state index contributed by atoms with van der Waals surface area (Å²) in [5.41, 5.74) is 3.17. The van der Waals surface area contributed by atoms with Gasteiger partial charge in [-0.15, -0.1) is 0 Å². The van der Waals surface area contributed by atoms with Crippen LogP contribution >= 0.6 is 15.9 Å². The lowest BCUT2D eigenvalue weighted by Crippen LogP contribution is -2.40. The lowest BCUT2D eigenvalue weighted by molar-refractivity contribution is 0.0690. The number of hydrogen-bond donors (Lipinski definition) is 0. The lowest BCUT2D eigenvalue weighted by Gasteiger charge is -2.33. The van der Waals surface area contributed by atoms with Crippen LogP contribution in [-0.4, -0.2) is 28.7 Å². The Balaban J connectivity index is 2.07. The Morgan fingerprint density at radius 3 is 2.53 bits per heavy atom. The van der Waals surface area contributed by atoms with Gasteiger partial charge >= 0.3 is 0 Å². The maximum absolute atomic E-state index is 12.6. The van der Waals surface area contributed by atoms with Crippen LogP contribution in [0.3, 0.4) is 0 Å². The zero-order chi connectivity index (χ0) is 14.0. The molecule has 1 aliphatic heterocycles. The third-order valence-corrected chi connectivity index (χ3v) is 5.06. The summed E-state index contributed by atoms with van der Waals surface area (Å²) in [4.78, 5) is 15.1. The Kier molecular flexibility index (Phi) is 4.67. The summed E-state index contributed by atoms with van der Waals surface area (Å²) in [6, 6.07) is 5.98. The maximum atomic E-state index is 12.6. The molecule has 3 heteroatoms. The first kappa shape index (κ1) is 14.6. The topological polar surface area (TPSA) is 20.3 Å². The van der Waals surface area contributed by atoms with Gasteiger partial charge in [0.2, 0.25) is 0 Å². The van der Waals surface area contributed by atoms with Gasteiger partial charge in [0.05, 0.1) is 0 Å². The molecule has 1 amide bonds. The molecular formula is C16H22BrNO. The molecular weight excluding hydrogens is 302 g/mol. The number of likely N-dealkylation sites (tertiary alicyclic amines) is 1. The van der Waals surface area contributed by atoms with Gasteiger partial charge in [-0.2, -0.15) is 0 Å². The molecule has 1 aromatic rings. The Morgan fingerprint density at radius 1 is 1.32 bits per heavy atom. The molecule has 1 aromatic carbocycles. The third kappa shape index (κ3) is 3.19. The number of halogens is 1. The number of amides is 1. The van der Waals surface area contributed by atoms with Crippen LogP contribution in [0.1, 0.15) is 41.3 Å². The van der Waals surface area contributed by atoms with Crippen LogP contribution in [0.5, 0.6) is 0 Å². The van der Waals surface area contributed by atoms with Crippen molar-refractivity contribution >= 4 is 21.8 Å². The highest BCUT2D eigenvalue weighted by Gasteiger charge is 2.26. The van der Waals surface area contributed by atoms with Crippen molar-refractivity contribution in [3.8, 4) is 0 Å². The van der Waals surface area contributed by atoms with E-state index in [4.69, 9.17) is 0 Å². The first-order valence-corrected chi connectivity index (χ1v) is 7.92. The van der Waals surface area contributed by atoms with E-state index in [-0.39, 0.29) is 5.91 Å². The third-order valence-electron chi connectivity index (χ3n) is 4.31. The molecule has 0 aliphatic carbocycles. The average Bonchev–Trinajstić information content (AvgIpc) is 2.41. The fraction of sp³-hybridized carbons (Fsp3) is 0.562. The average molecular weight is 324 g/mol. The molecule has 0 saturated carbocycles. The molecule has 0 bridgehead atoms. The molecule has 1 saturated heterocycles. The fourth-order valence-electron chi connectivity index (χ4n) is 2.71. The van der Waals surface area contributed by atoms with Crippen molar-refractivity contribution in [2.24, 2.45) is 5.92 Å². The zero-order valence-corrected chi connectivity index (χ0v) is 13.5. The van der Waals surface area contributed by atoms with Crippen molar-refractivity contribution in [2.45, 2.75) is 38.4 Å². The van der Waals surface area contributed by atoms with Gasteiger partial charge < -0.3 is 4.90 Å². The molecule has 1 unspecified atom stereocenters. The second kappa shape index (κ2) is 6.08. The van der Waals surface area contributed by atoms with E-state index >= 15 is 0 Å². The predicted octanol–water partition coefficient (Wildman–Crippen LogP) is 3.94. The smallest absolute Gasteiger partial charge is 0.254 e. The van der Waals surface area contributed by atoms with Crippen LogP contribution in [0.15, 0.2) is 18.2 Å². The molecule has 0 radical (unpaired) electrons. The minimum atomic E-state index is 0.196. The van der Waals surface area contributed by atoms with Crippen molar-refractivity contribution < 1.29 is 4.79 Å². The Labute approximate surface area is 124 Å². The largest absolute Gasteiger partial charge is 0.339 e. The number of benzene rings is 1. The Bertz CT molecular complexity index is 462. The van der Waals surface area contributed by atoms with Crippen LogP contribution in [-0.2, 0) is 0 Å². The highest BCUT2D eigenvalue weighted by atomic mass is 79.9. The first-order valence-electron chi connectivity index (χ1n) is 7.00. The second-order valence-corrected chi connectivity index (χ2v) is 7.00. The van der Waals surface area contributed by atoms with E-state index in [0.717, 1.165) is 37.1 Å². The van der Waals surface area contributed by atoms with Gasteiger partial charge in [-0.25, -0.2) is 0 Å².